The molecule has 21 heavy (non-hydrogen) atoms. The zero-order valence-corrected chi connectivity index (χ0v) is 13.3. The molecule has 0 spiro atoms. The Bertz CT molecular complexity index is 632. The molecule has 1 amide bonds. The number of nitrogen functional groups attached to an aromatic ring is 1. The van der Waals surface area contributed by atoms with Crippen LogP contribution in [0.1, 0.15) is 6.42 Å². The molecule has 6 heteroatoms. The molecule has 0 fully saturated rings. The number of hydrogen-bond donors (Lipinski definition) is 2. The lowest BCUT2D eigenvalue weighted by Crippen LogP contribution is -2.16. The Morgan fingerprint density at radius 1 is 1.24 bits per heavy atom. The van der Waals surface area contributed by atoms with Crippen molar-refractivity contribution in [3.05, 3.63) is 51.9 Å². The Morgan fingerprint density at radius 2 is 1.95 bits per heavy atom. The molecule has 0 heterocycles. The molecule has 0 aliphatic rings. The van der Waals surface area contributed by atoms with E-state index < -0.39 is 0 Å². The van der Waals surface area contributed by atoms with Gasteiger partial charge >= 0.3 is 0 Å². The van der Waals surface area contributed by atoms with Crippen molar-refractivity contribution in [2.75, 3.05) is 17.7 Å². The highest BCUT2D eigenvalue weighted by atomic mass is 127. The zero-order valence-electron chi connectivity index (χ0n) is 11.1. The second-order valence-corrected chi connectivity index (χ2v) is 5.50. The summed E-state index contributed by atoms with van der Waals surface area (Å²) in [7, 11) is 0. The van der Waals surface area contributed by atoms with Gasteiger partial charge in [-0.3, -0.25) is 4.79 Å². The first kappa shape index (κ1) is 15.6. The van der Waals surface area contributed by atoms with Crippen LogP contribution in [-0.4, -0.2) is 12.5 Å². The second-order valence-electron chi connectivity index (χ2n) is 4.34. The van der Waals surface area contributed by atoms with Crippen LogP contribution in [0, 0.1) is 9.39 Å². The van der Waals surface area contributed by atoms with E-state index in [0.29, 0.717) is 20.7 Å². The second kappa shape index (κ2) is 7.26. The third-order valence-corrected chi connectivity index (χ3v) is 3.58. The van der Waals surface area contributed by atoms with Gasteiger partial charge in [0.15, 0.2) is 0 Å². The van der Waals surface area contributed by atoms with Crippen molar-refractivity contribution in [3.63, 3.8) is 0 Å². The van der Waals surface area contributed by atoms with Crippen molar-refractivity contribution < 1.29 is 13.9 Å². The van der Waals surface area contributed by atoms with Gasteiger partial charge < -0.3 is 15.8 Å². The fourth-order valence-corrected chi connectivity index (χ4v) is 2.24. The average Bonchev–Trinajstić information content (AvgIpc) is 2.44. The van der Waals surface area contributed by atoms with Crippen LogP contribution in [0.15, 0.2) is 42.5 Å². The van der Waals surface area contributed by atoms with Crippen molar-refractivity contribution in [1.82, 2.24) is 0 Å². The molecule has 0 saturated heterocycles. The van der Waals surface area contributed by atoms with Gasteiger partial charge in [0, 0.05) is 9.26 Å². The topological polar surface area (TPSA) is 64.3 Å². The molecule has 0 atom stereocenters. The maximum absolute atomic E-state index is 13.0. The van der Waals surface area contributed by atoms with E-state index in [1.807, 2.05) is 22.6 Å². The summed E-state index contributed by atoms with van der Waals surface area (Å²) in [5.74, 6) is 0.146. The monoisotopic (exact) mass is 400 g/mol. The number of nitrogens with two attached hydrogens (primary N) is 1. The zero-order chi connectivity index (χ0) is 15.2. The van der Waals surface area contributed by atoms with Crippen molar-refractivity contribution in [2.45, 2.75) is 6.42 Å². The largest absolute Gasteiger partial charge is 0.493 e. The van der Waals surface area contributed by atoms with Crippen LogP contribution in [0.4, 0.5) is 15.8 Å². The van der Waals surface area contributed by atoms with Gasteiger partial charge in [-0.2, -0.15) is 0 Å². The van der Waals surface area contributed by atoms with Crippen molar-refractivity contribution in [1.29, 1.82) is 0 Å². The fraction of sp³-hybridized carbons (Fsp3) is 0.133. The molecule has 0 saturated carbocycles. The summed E-state index contributed by atoms with van der Waals surface area (Å²) in [5.41, 5.74) is 6.82. The molecular weight excluding hydrogens is 386 g/mol. The van der Waals surface area contributed by atoms with Crippen LogP contribution in [0.2, 0.25) is 0 Å². The maximum atomic E-state index is 13.0. The third kappa shape index (κ3) is 4.89. The van der Waals surface area contributed by atoms with Gasteiger partial charge in [-0.15, -0.1) is 0 Å². The Balaban J connectivity index is 1.81. The minimum atomic E-state index is -0.330. The molecule has 4 nitrogen and oxygen atoms in total. The Labute approximate surface area is 135 Å². The molecule has 0 aliphatic carbocycles. The van der Waals surface area contributed by atoms with E-state index in [9.17, 15) is 9.18 Å². The normalized spacial score (nSPS) is 10.2. The van der Waals surface area contributed by atoms with E-state index in [2.05, 4.69) is 5.32 Å². The third-order valence-electron chi connectivity index (χ3n) is 2.68. The summed E-state index contributed by atoms with van der Waals surface area (Å²) in [6, 6.07) is 11.2. The Hall–Kier alpha value is -1.83. The van der Waals surface area contributed by atoms with Gasteiger partial charge in [0.2, 0.25) is 5.91 Å². The van der Waals surface area contributed by atoms with Crippen LogP contribution in [0.5, 0.6) is 5.75 Å². The number of halogens is 2. The quantitative estimate of drug-likeness (QED) is 0.597. The van der Waals surface area contributed by atoms with E-state index in [-0.39, 0.29) is 24.8 Å². The van der Waals surface area contributed by atoms with Crippen molar-refractivity contribution in [2.24, 2.45) is 0 Å². The summed E-state index contributed by atoms with van der Waals surface area (Å²) in [6.07, 6.45) is 0.206. The standard InChI is InChI=1S/C15H14FIN2O2/c16-10-1-6-14(13(17)9-10)19-15(20)7-8-21-12-4-2-11(18)3-5-12/h1-6,9H,7-8,18H2,(H,19,20). The summed E-state index contributed by atoms with van der Waals surface area (Å²) < 4.78 is 19.1. The lowest BCUT2D eigenvalue weighted by atomic mass is 10.3. The molecule has 3 N–H and O–H groups in total. The SMILES string of the molecule is Nc1ccc(OCCC(=O)Nc2ccc(F)cc2I)cc1. The number of nitrogens with one attached hydrogen (secondary N) is 1. The molecular formula is C15H14FIN2O2. The number of benzene rings is 2. The van der Waals surface area contributed by atoms with Crippen LogP contribution in [-0.2, 0) is 4.79 Å². The van der Waals surface area contributed by atoms with E-state index in [0.717, 1.165) is 0 Å². The smallest absolute Gasteiger partial charge is 0.227 e. The lowest BCUT2D eigenvalue weighted by Gasteiger charge is -2.09. The molecule has 0 aliphatic heterocycles. The fourth-order valence-electron chi connectivity index (χ4n) is 1.63. The minimum Gasteiger partial charge on any atom is -0.493 e. The first-order valence-electron chi connectivity index (χ1n) is 6.28. The maximum Gasteiger partial charge on any atom is 0.227 e. The summed E-state index contributed by atoms with van der Waals surface area (Å²) in [6.45, 7) is 0.257. The van der Waals surface area contributed by atoms with Gasteiger partial charge in [0.05, 0.1) is 18.7 Å². The minimum absolute atomic E-state index is 0.185. The highest BCUT2D eigenvalue weighted by molar-refractivity contribution is 14.1. The molecule has 110 valence electrons. The van der Waals surface area contributed by atoms with Gasteiger partial charge in [-0.25, -0.2) is 4.39 Å². The van der Waals surface area contributed by atoms with Gasteiger partial charge in [-0.05, 0) is 65.1 Å². The number of carbonyl (C=O) groups excluding carboxylic acids is 1. The van der Waals surface area contributed by atoms with Crippen molar-refractivity contribution >= 4 is 39.9 Å². The highest BCUT2D eigenvalue weighted by Crippen LogP contribution is 2.19. The first-order chi connectivity index (χ1) is 10.0. The summed E-state index contributed by atoms with van der Waals surface area (Å²) in [4.78, 5) is 11.8. The number of amides is 1. The van der Waals surface area contributed by atoms with E-state index in [4.69, 9.17) is 10.5 Å². The lowest BCUT2D eigenvalue weighted by molar-refractivity contribution is -0.116. The van der Waals surface area contributed by atoms with Crippen LogP contribution >= 0.6 is 22.6 Å². The number of carbonyl (C=O) groups is 1. The van der Waals surface area contributed by atoms with Crippen molar-refractivity contribution in [3.8, 4) is 5.75 Å². The highest BCUT2D eigenvalue weighted by Gasteiger charge is 2.06. The Morgan fingerprint density at radius 3 is 2.62 bits per heavy atom. The number of anilines is 2. The summed E-state index contributed by atoms with van der Waals surface area (Å²) >= 11 is 1.97. The van der Waals surface area contributed by atoms with Gasteiger partial charge in [0.1, 0.15) is 11.6 Å². The van der Waals surface area contributed by atoms with E-state index >= 15 is 0 Å². The van der Waals surface area contributed by atoms with Crippen LogP contribution in [0.3, 0.4) is 0 Å². The molecule has 0 radical (unpaired) electrons. The molecule has 2 aromatic carbocycles. The predicted octanol–water partition coefficient (Wildman–Crippen LogP) is 3.42. The number of ether oxygens (including phenoxy) is 1. The van der Waals surface area contributed by atoms with Gasteiger partial charge in [-0.1, -0.05) is 0 Å². The van der Waals surface area contributed by atoms with Gasteiger partial charge in [0.25, 0.3) is 0 Å². The molecule has 0 bridgehead atoms. The first-order valence-corrected chi connectivity index (χ1v) is 7.36. The van der Waals surface area contributed by atoms with Crippen LogP contribution in [0.25, 0.3) is 0 Å². The summed E-state index contributed by atoms with van der Waals surface area (Å²) in [5, 5.41) is 2.72. The Kier molecular flexibility index (Phi) is 5.38. The predicted molar refractivity (Wildman–Crippen MR) is 88.7 cm³/mol. The van der Waals surface area contributed by atoms with E-state index in [1.54, 1.807) is 24.3 Å². The number of rotatable bonds is 5. The molecule has 2 rings (SSSR count). The molecule has 0 unspecified atom stereocenters. The van der Waals surface area contributed by atoms with E-state index in [1.165, 1.54) is 18.2 Å². The van der Waals surface area contributed by atoms with Crippen LogP contribution < -0.4 is 15.8 Å². The average molecular weight is 400 g/mol. The number of hydrogen-bond acceptors (Lipinski definition) is 3. The molecule has 2 aromatic rings. The molecule has 0 aromatic heterocycles.